The van der Waals surface area contributed by atoms with Crippen LogP contribution < -0.4 is 0 Å². The van der Waals surface area contributed by atoms with Crippen LogP contribution >= 0.6 is 31.9 Å². The van der Waals surface area contributed by atoms with Crippen molar-refractivity contribution in [3.05, 3.63) is 137 Å². The quantitative estimate of drug-likeness (QED) is 0.182. The van der Waals surface area contributed by atoms with Gasteiger partial charge in [-0.15, -0.1) is 0 Å². The first-order valence-corrected chi connectivity index (χ1v) is 17.3. The van der Waals surface area contributed by atoms with Gasteiger partial charge in [0.05, 0.1) is 22.6 Å². The molecule has 4 aromatic rings. The Balaban J connectivity index is 0.000000194. The summed E-state index contributed by atoms with van der Waals surface area (Å²) in [7, 11) is 0. The molecule has 2 atom stereocenters. The zero-order valence-electron chi connectivity index (χ0n) is 27.6. The minimum Gasteiger partial charge on any atom is -0.387 e. The monoisotopic (exact) mass is 822 g/mol. The predicted octanol–water partition coefficient (Wildman–Crippen LogP) is 12.3. The molecule has 6 rings (SSSR count). The first-order chi connectivity index (χ1) is 23.4. The molecule has 0 bridgehead atoms. The summed E-state index contributed by atoms with van der Waals surface area (Å²) in [5.41, 5.74) is 6.94. The smallest absolute Gasteiger partial charge is 0.387 e. The van der Waals surface area contributed by atoms with E-state index in [1.807, 2.05) is 38.1 Å². The molecule has 12 heteroatoms. The Bertz CT molecular complexity index is 1800. The Hall–Kier alpha value is -3.64. The summed E-state index contributed by atoms with van der Waals surface area (Å²) in [6.07, 6.45) is -7.49. The van der Waals surface area contributed by atoms with E-state index in [1.165, 1.54) is 0 Å². The number of nitrogens with zero attached hydrogens (tertiary/aromatic N) is 2. The molecule has 0 spiro atoms. The van der Waals surface area contributed by atoms with Crippen molar-refractivity contribution < 1.29 is 36.0 Å². The van der Waals surface area contributed by atoms with Crippen LogP contribution in [0, 0.1) is 27.7 Å². The fourth-order valence-electron chi connectivity index (χ4n) is 5.86. The summed E-state index contributed by atoms with van der Waals surface area (Å²) in [6.45, 7) is 7.33. The average Bonchev–Trinajstić information content (AvgIpc) is 3.70. The van der Waals surface area contributed by atoms with E-state index in [0.717, 1.165) is 66.9 Å². The predicted molar refractivity (Wildman–Crippen MR) is 189 cm³/mol. The van der Waals surface area contributed by atoms with Crippen molar-refractivity contribution in [3.63, 3.8) is 0 Å². The highest BCUT2D eigenvalue weighted by molar-refractivity contribution is 9.10. The highest BCUT2D eigenvalue weighted by atomic mass is 79.9. The Labute approximate surface area is 303 Å². The third-order valence-corrected chi connectivity index (χ3v) is 9.80. The summed E-state index contributed by atoms with van der Waals surface area (Å²) in [5.74, 6) is 0. The van der Waals surface area contributed by atoms with E-state index in [0.29, 0.717) is 47.9 Å². The van der Waals surface area contributed by atoms with Crippen LogP contribution in [0.1, 0.15) is 80.7 Å². The zero-order valence-corrected chi connectivity index (χ0v) is 30.8. The topological polar surface area (TPSA) is 43.2 Å². The van der Waals surface area contributed by atoms with Crippen LogP contribution in [0.5, 0.6) is 0 Å². The fourth-order valence-corrected chi connectivity index (χ4v) is 6.64. The maximum absolute atomic E-state index is 13.0. The maximum Gasteiger partial charge on any atom is 0.416 e. The molecule has 0 amide bonds. The molecule has 2 heterocycles. The summed E-state index contributed by atoms with van der Waals surface area (Å²) >= 11 is 7.04. The normalized spacial score (nSPS) is 17.4. The van der Waals surface area contributed by atoms with E-state index in [2.05, 4.69) is 54.3 Å². The van der Waals surface area contributed by atoms with Crippen LogP contribution in [0.2, 0.25) is 0 Å². The van der Waals surface area contributed by atoms with Crippen LogP contribution in [0.25, 0.3) is 0 Å². The standard InChI is InChI=1S/2C19H17BrF3NO/c2*1-11-3-4-17(20)13(5-11)9-16-10-18(25-24-16)14-6-12(2)7-15(8-14)19(21,22)23/h2*3-8,18H,9-10H2,1-2H3/t2*18-/m10/s1. The van der Waals surface area contributed by atoms with Gasteiger partial charge in [-0.1, -0.05) is 101 Å². The average molecular weight is 824 g/mol. The lowest BCUT2D eigenvalue weighted by Gasteiger charge is -2.14. The SMILES string of the molecule is Cc1cc([C@@H]2CC(Cc3cc(C)ccc3Br)=NO2)cc(C(F)(F)F)c1.Cc1cc([C@H]2CC(Cc3cc(C)ccc3Br)=NO2)cc(C(F)(F)F)c1. The van der Waals surface area contributed by atoms with Crippen LogP contribution in [0.15, 0.2) is 92.1 Å². The van der Waals surface area contributed by atoms with Crippen molar-refractivity contribution >= 4 is 43.3 Å². The molecule has 264 valence electrons. The molecule has 0 aromatic heterocycles. The molecule has 2 aliphatic heterocycles. The summed E-state index contributed by atoms with van der Waals surface area (Å²) in [5, 5.41) is 8.19. The van der Waals surface area contributed by atoms with Crippen molar-refractivity contribution in [2.75, 3.05) is 0 Å². The zero-order chi connectivity index (χ0) is 36.4. The number of alkyl halides is 6. The van der Waals surface area contributed by atoms with E-state index < -0.39 is 35.7 Å². The van der Waals surface area contributed by atoms with Gasteiger partial charge >= 0.3 is 12.4 Å². The van der Waals surface area contributed by atoms with Gasteiger partial charge in [0.25, 0.3) is 0 Å². The van der Waals surface area contributed by atoms with Crippen molar-refractivity contribution in [2.45, 2.75) is 77.9 Å². The second kappa shape index (κ2) is 15.3. The second-order valence-electron chi connectivity index (χ2n) is 12.7. The van der Waals surface area contributed by atoms with Gasteiger partial charge in [0.2, 0.25) is 0 Å². The summed E-state index contributed by atoms with van der Waals surface area (Å²) in [6, 6.07) is 20.1. The largest absolute Gasteiger partial charge is 0.416 e. The highest BCUT2D eigenvalue weighted by Crippen LogP contribution is 2.37. The number of rotatable bonds is 6. The lowest BCUT2D eigenvalue weighted by Crippen LogP contribution is -2.09. The number of oxime groups is 2. The molecule has 50 heavy (non-hydrogen) atoms. The van der Waals surface area contributed by atoms with E-state index in [9.17, 15) is 26.3 Å². The molecular formula is C38H34Br2F6N2O2. The lowest BCUT2D eigenvalue weighted by atomic mass is 9.97. The van der Waals surface area contributed by atoms with Crippen LogP contribution in [0.4, 0.5) is 26.3 Å². The Kier molecular flexibility index (Phi) is 11.5. The molecule has 0 aliphatic carbocycles. The van der Waals surface area contributed by atoms with Crippen molar-refractivity contribution in [3.8, 4) is 0 Å². The van der Waals surface area contributed by atoms with E-state index in [1.54, 1.807) is 26.0 Å². The van der Waals surface area contributed by atoms with Crippen molar-refractivity contribution in [1.29, 1.82) is 0 Å². The van der Waals surface area contributed by atoms with Crippen LogP contribution in [-0.2, 0) is 34.9 Å². The van der Waals surface area contributed by atoms with Gasteiger partial charge < -0.3 is 9.68 Å². The van der Waals surface area contributed by atoms with Crippen LogP contribution in [-0.4, -0.2) is 11.4 Å². The number of hydrogen-bond donors (Lipinski definition) is 0. The number of benzene rings is 4. The highest BCUT2D eigenvalue weighted by Gasteiger charge is 2.34. The van der Waals surface area contributed by atoms with Gasteiger partial charge in [-0.05, 0) is 86.3 Å². The minimum absolute atomic E-state index is 0.473. The second-order valence-corrected chi connectivity index (χ2v) is 14.4. The third-order valence-electron chi connectivity index (χ3n) is 8.25. The van der Waals surface area contributed by atoms with E-state index in [4.69, 9.17) is 9.68 Å². The molecule has 2 aliphatic rings. The van der Waals surface area contributed by atoms with E-state index in [-0.39, 0.29) is 0 Å². The first kappa shape index (κ1) is 37.6. The van der Waals surface area contributed by atoms with Crippen molar-refractivity contribution in [2.24, 2.45) is 10.3 Å². The Morgan fingerprint density at radius 3 is 1.30 bits per heavy atom. The van der Waals surface area contributed by atoms with Gasteiger partial charge in [0.15, 0.2) is 12.2 Å². The summed E-state index contributed by atoms with van der Waals surface area (Å²) < 4.78 is 80.0. The molecule has 0 N–H and O–H groups in total. The van der Waals surface area contributed by atoms with Gasteiger partial charge in [-0.25, -0.2) is 0 Å². The lowest BCUT2D eigenvalue weighted by molar-refractivity contribution is -0.138. The van der Waals surface area contributed by atoms with Gasteiger partial charge in [0.1, 0.15) is 0 Å². The number of aryl methyl sites for hydroxylation is 4. The van der Waals surface area contributed by atoms with Crippen LogP contribution in [0.3, 0.4) is 0 Å². The molecule has 0 unspecified atom stereocenters. The first-order valence-electron chi connectivity index (χ1n) is 15.8. The Morgan fingerprint density at radius 2 is 0.940 bits per heavy atom. The van der Waals surface area contributed by atoms with Crippen molar-refractivity contribution in [1.82, 2.24) is 0 Å². The molecule has 0 radical (unpaired) electrons. The number of hydrogen-bond acceptors (Lipinski definition) is 4. The maximum atomic E-state index is 13.0. The van der Waals surface area contributed by atoms with E-state index >= 15 is 0 Å². The van der Waals surface area contributed by atoms with Gasteiger partial charge in [0, 0.05) is 34.6 Å². The number of halogens is 8. The Morgan fingerprint density at radius 1 is 0.560 bits per heavy atom. The van der Waals surface area contributed by atoms with Gasteiger partial charge in [-0.3, -0.25) is 0 Å². The van der Waals surface area contributed by atoms with Gasteiger partial charge in [-0.2, -0.15) is 26.3 Å². The molecule has 4 nitrogen and oxygen atoms in total. The minimum atomic E-state index is -4.37. The molecule has 0 saturated carbocycles. The fraction of sp³-hybridized carbons (Fsp3) is 0.316. The molecule has 0 fully saturated rings. The third kappa shape index (κ3) is 9.78. The summed E-state index contributed by atoms with van der Waals surface area (Å²) in [4.78, 5) is 10.8. The molecule has 0 saturated heterocycles. The molecular weight excluding hydrogens is 790 g/mol. The molecule has 4 aromatic carbocycles.